The van der Waals surface area contributed by atoms with Gasteiger partial charge in [0.25, 0.3) is 0 Å². The van der Waals surface area contributed by atoms with E-state index in [4.69, 9.17) is 16.3 Å². The summed E-state index contributed by atoms with van der Waals surface area (Å²) < 4.78 is 5.16. The molecule has 1 fully saturated rings. The first-order valence-electron chi connectivity index (χ1n) is 6.86. The molecule has 1 saturated heterocycles. The molecule has 1 aromatic carbocycles. The van der Waals surface area contributed by atoms with Crippen molar-refractivity contribution >= 4 is 29.1 Å². The Bertz CT molecular complexity index is 560. The van der Waals surface area contributed by atoms with Crippen molar-refractivity contribution in [1.29, 1.82) is 0 Å². The average molecular weight is 311 g/mol. The molecule has 2 amide bonds. The molecule has 1 aliphatic heterocycles. The van der Waals surface area contributed by atoms with Gasteiger partial charge >= 0.3 is 0 Å². The number of halogens is 1. The van der Waals surface area contributed by atoms with Crippen molar-refractivity contribution in [2.75, 3.05) is 18.6 Å². The van der Waals surface area contributed by atoms with E-state index < -0.39 is 6.04 Å². The summed E-state index contributed by atoms with van der Waals surface area (Å²) in [5, 5.41) is 3.16. The third kappa shape index (κ3) is 3.47. The minimum atomic E-state index is -0.506. The Morgan fingerprint density at radius 1 is 1.43 bits per heavy atom. The molecule has 5 nitrogen and oxygen atoms in total. The van der Waals surface area contributed by atoms with Crippen LogP contribution in [-0.2, 0) is 9.59 Å². The number of rotatable bonds is 4. The molecule has 6 heteroatoms. The predicted molar refractivity (Wildman–Crippen MR) is 81.7 cm³/mol. The highest BCUT2D eigenvalue weighted by Gasteiger charge is 2.34. The first-order chi connectivity index (χ1) is 9.92. The third-order valence-electron chi connectivity index (χ3n) is 3.35. The van der Waals surface area contributed by atoms with E-state index >= 15 is 0 Å². The molecule has 114 valence electrons. The minimum absolute atomic E-state index is 0.0275. The summed E-state index contributed by atoms with van der Waals surface area (Å²) in [5.41, 5.74) is 0.504. The van der Waals surface area contributed by atoms with Crippen LogP contribution < -0.4 is 15.0 Å². The van der Waals surface area contributed by atoms with E-state index in [0.717, 1.165) is 0 Å². The van der Waals surface area contributed by atoms with E-state index in [9.17, 15) is 9.59 Å². The first kappa shape index (κ1) is 15.6. The lowest BCUT2D eigenvalue weighted by Crippen LogP contribution is -2.58. The van der Waals surface area contributed by atoms with Crippen LogP contribution >= 0.6 is 11.6 Å². The third-order valence-corrected chi connectivity index (χ3v) is 3.67. The van der Waals surface area contributed by atoms with Gasteiger partial charge in [0, 0.05) is 6.07 Å². The fourth-order valence-electron chi connectivity index (χ4n) is 2.37. The van der Waals surface area contributed by atoms with E-state index in [0.29, 0.717) is 28.8 Å². The molecule has 0 aromatic heterocycles. The predicted octanol–water partition coefficient (Wildman–Crippen LogP) is 2.23. The normalized spacial score (nSPS) is 18.9. The van der Waals surface area contributed by atoms with Gasteiger partial charge < -0.3 is 10.1 Å². The number of anilines is 1. The number of hydrogen-bond acceptors (Lipinski definition) is 3. The van der Waals surface area contributed by atoms with Crippen LogP contribution in [0.15, 0.2) is 18.2 Å². The molecule has 21 heavy (non-hydrogen) atoms. The lowest BCUT2D eigenvalue weighted by Gasteiger charge is -2.33. The molecule has 0 spiro atoms. The molecule has 1 aromatic rings. The maximum atomic E-state index is 12.6. The quantitative estimate of drug-likeness (QED) is 0.927. The van der Waals surface area contributed by atoms with E-state index in [2.05, 4.69) is 5.32 Å². The fraction of sp³-hybridized carbons (Fsp3) is 0.467. The minimum Gasteiger partial charge on any atom is -0.497 e. The number of carbonyl (C=O) groups excluding carboxylic acids is 2. The van der Waals surface area contributed by atoms with Crippen LogP contribution in [0.3, 0.4) is 0 Å². The second-order valence-corrected chi connectivity index (χ2v) is 5.90. The van der Waals surface area contributed by atoms with Crippen molar-refractivity contribution in [3.63, 3.8) is 0 Å². The number of benzene rings is 1. The Balaban J connectivity index is 2.33. The van der Waals surface area contributed by atoms with Gasteiger partial charge in [0.1, 0.15) is 18.3 Å². The second kappa shape index (κ2) is 6.35. The van der Waals surface area contributed by atoms with Gasteiger partial charge in [-0.1, -0.05) is 25.4 Å². The molecule has 0 saturated carbocycles. The van der Waals surface area contributed by atoms with Crippen LogP contribution in [0.5, 0.6) is 5.75 Å². The number of piperazine rings is 1. The molecular weight excluding hydrogens is 292 g/mol. The van der Waals surface area contributed by atoms with E-state index in [-0.39, 0.29) is 18.4 Å². The topological polar surface area (TPSA) is 58.6 Å². The van der Waals surface area contributed by atoms with Gasteiger partial charge in [0.15, 0.2) is 0 Å². The Kier molecular flexibility index (Phi) is 4.73. The number of carbonyl (C=O) groups is 2. The van der Waals surface area contributed by atoms with E-state index in [1.807, 2.05) is 13.8 Å². The van der Waals surface area contributed by atoms with Gasteiger partial charge in [-0.15, -0.1) is 0 Å². The van der Waals surface area contributed by atoms with Gasteiger partial charge in [0.2, 0.25) is 11.8 Å². The number of amides is 2. The van der Waals surface area contributed by atoms with Crippen LogP contribution in [0.1, 0.15) is 20.3 Å². The second-order valence-electron chi connectivity index (χ2n) is 5.49. The zero-order valence-corrected chi connectivity index (χ0v) is 13.1. The molecule has 2 rings (SSSR count). The van der Waals surface area contributed by atoms with Crippen LogP contribution in [0.2, 0.25) is 5.02 Å². The van der Waals surface area contributed by atoms with Crippen molar-refractivity contribution in [2.45, 2.75) is 26.3 Å². The highest BCUT2D eigenvalue weighted by Crippen LogP contribution is 2.31. The summed E-state index contributed by atoms with van der Waals surface area (Å²) in [4.78, 5) is 25.9. The zero-order chi connectivity index (χ0) is 15.6. The molecule has 1 N–H and O–H groups in total. The maximum Gasteiger partial charge on any atom is 0.250 e. The Morgan fingerprint density at radius 2 is 2.14 bits per heavy atom. The van der Waals surface area contributed by atoms with Gasteiger partial charge in [-0.05, 0) is 24.5 Å². The van der Waals surface area contributed by atoms with Crippen molar-refractivity contribution in [3.8, 4) is 5.75 Å². The summed E-state index contributed by atoms with van der Waals surface area (Å²) in [7, 11) is 1.54. The van der Waals surface area contributed by atoms with Crippen molar-refractivity contribution < 1.29 is 14.3 Å². The molecule has 1 atom stereocenters. The van der Waals surface area contributed by atoms with Gasteiger partial charge in [0.05, 0.1) is 17.8 Å². The SMILES string of the molecule is COc1ccc(Cl)c(N2CC(=O)NC(CC(C)C)C2=O)c1. The lowest BCUT2D eigenvalue weighted by atomic mass is 10.0. The average Bonchev–Trinajstić information content (AvgIpc) is 2.42. The highest BCUT2D eigenvalue weighted by atomic mass is 35.5. The summed E-state index contributed by atoms with van der Waals surface area (Å²) in [5.74, 6) is 0.575. The van der Waals surface area contributed by atoms with Gasteiger partial charge in [-0.25, -0.2) is 0 Å². The molecule has 0 aliphatic carbocycles. The highest BCUT2D eigenvalue weighted by molar-refractivity contribution is 6.34. The number of hydrogen-bond donors (Lipinski definition) is 1. The van der Waals surface area contributed by atoms with Crippen molar-refractivity contribution in [2.24, 2.45) is 5.92 Å². The molecule has 0 radical (unpaired) electrons. The lowest BCUT2D eigenvalue weighted by molar-refractivity contribution is -0.131. The summed E-state index contributed by atoms with van der Waals surface area (Å²) in [6, 6.07) is 4.54. The number of ether oxygens (including phenoxy) is 1. The number of methoxy groups -OCH3 is 1. The number of nitrogens with zero attached hydrogens (tertiary/aromatic N) is 1. The van der Waals surface area contributed by atoms with Gasteiger partial charge in [-0.3, -0.25) is 14.5 Å². The number of nitrogens with one attached hydrogen (secondary N) is 1. The molecule has 1 aliphatic rings. The van der Waals surface area contributed by atoms with Crippen LogP contribution in [0.4, 0.5) is 5.69 Å². The standard InChI is InChI=1S/C15H19ClN2O3/c1-9(2)6-12-15(20)18(8-14(19)17-12)13-7-10(21-3)4-5-11(13)16/h4-5,7,9,12H,6,8H2,1-3H3,(H,17,19). The Labute approximate surface area is 129 Å². The Morgan fingerprint density at radius 3 is 2.76 bits per heavy atom. The maximum absolute atomic E-state index is 12.6. The van der Waals surface area contributed by atoms with Gasteiger partial charge in [-0.2, -0.15) is 0 Å². The van der Waals surface area contributed by atoms with Crippen LogP contribution in [-0.4, -0.2) is 31.5 Å². The zero-order valence-electron chi connectivity index (χ0n) is 12.4. The van der Waals surface area contributed by atoms with E-state index in [1.54, 1.807) is 25.3 Å². The monoisotopic (exact) mass is 310 g/mol. The van der Waals surface area contributed by atoms with Crippen LogP contribution in [0.25, 0.3) is 0 Å². The summed E-state index contributed by atoms with van der Waals surface area (Å²) >= 11 is 6.17. The van der Waals surface area contributed by atoms with Crippen molar-refractivity contribution in [1.82, 2.24) is 5.32 Å². The van der Waals surface area contributed by atoms with Crippen molar-refractivity contribution in [3.05, 3.63) is 23.2 Å². The fourth-order valence-corrected chi connectivity index (χ4v) is 2.59. The first-order valence-corrected chi connectivity index (χ1v) is 7.24. The van der Waals surface area contributed by atoms with Crippen LogP contribution in [0, 0.1) is 5.92 Å². The Hall–Kier alpha value is -1.75. The summed E-state index contributed by atoms with van der Waals surface area (Å²) in [6.07, 6.45) is 0.600. The molecule has 1 unspecified atom stereocenters. The molecular formula is C15H19ClN2O3. The van der Waals surface area contributed by atoms with E-state index in [1.165, 1.54) is 4.90 Å². The largest absolute Gasteiger partial charge is 0.497 e. The smallest absolute Gasteiger partial charge is 0.250 e. The molecule has 0 bridgehead atoms. The summed E-state index contributed by atoms with van der Waals surface area (Å²) in [6.45, 7) is 3.99. The molecule has 1 heterocycles.